The van der Waals surface area contributed by atoms with Gasteiger partial charge < -0.3 is 10.5 Å². The third kappa shape index (κ3) is 3.41. The first-order chi connectivity index (χ1) is 9.29. The van der Waals surface area contributed by atoms with Gasteiger partial charge >= 0.3 is 5.97 Å². The van der Waals surface area contributed by atoms with Gasteiger partial charge in [-0.2, -0.15) is 0 Å². The van der Waals surface area contributed by atoms with Crippen LogP contribution in [0.15, 0.2) is 18.2 Å². The van der Waals surface area contributed by atoms with E-state index in [4.69, 9.17) is 10.5 Å². The lowest BCUT2D eigenvalue weighted by Gasteiger charge is -2.22. The minimum atomic E-state index is -0.338. The summed E-state index contributed by atoms with van der Waals surface area (Å²) in [6.07, 6.45) is 1.50. The molecule has 1 aromatic carbocycles. The van der Waals surface area contributed by atoms with Gasteiger partial charge in [0.25, 0.3) is 0 Å². The summed E-state index contributed by atoms with van der Waals surface area (Å²) < 4.78 is 5.59. The molecule has 0 saturated heterocycles. The summed E-state index contributed by atoms with van der Waals surface area (Å²) >= 11 is 0. The van der Waals surface area contributed by atoms with Crippen molar-refractivity contribution in [2.24, 2.45) is 0 Å². The molecular formula is C17H25NO2. The number of anilines is 1. The van der Waals surface area contributed by atoms with Crippen LogP contribution >= 0.6 is 0 Å². The predicted molar refractivity (Wildman–Crippen MR) is 83.6 cm³/mol. The molecule has 3 nitrogen and oxygen atoms in total. The Bertz CT molecular complexity index is 532. The van der Waals surface area contributed by atoms with Gasteiger partial charge in [-0.3, -0.25) is 0 Å². The molecule has 3 heteroatoms. The lowest BCUT2D eigenvalue weighted by atomic mass is 9.93. The fourth-order valence-corrected chi connectivity index (χ4v) is 2.24. The molecule has 1 unspecified atom stereocenters. The van der Waals surface area contributed by atoms with E-state index in [-0.39, 0.29) is 12.1 Å². The highest BCUT2D eigenvalue weighted by Gasteiger charge is 2.20. The maximum Gasteiger partial charge on any atom is 0.333 e. The number of carbonyl (C=O) groups excluding carboxylic acids is 1. The summed E-state index contributed by atoms with van der Waals surface area (Å²) in [6.45, 7) is 13.4. The van der Waals surface area contributed by atoms with Crippen molar-refractivity contribution < 1.29 is 9.53 Å². The SMILES string of the molecule is C=C(C)C(=O)OC(CCC)c1cc(C)c(N)c(C)c1C. The third-order valence-corrected chi connectivity index (χ3v) is 3.69. The van der Waals surface area contributed by atoms with Gasteiger partial charge in [-0.05, 0) is 56.4 Å². The van der Waals surface area contributed by atoms with Crippen molar-refractivity contribution in [3.63, 3.8) is 0 Å². The summed E-state index contributed by atoms with van der Waals surface area (Å²) in [6, 6.07) is 2.03. The van der Waals surface area contributed by atoms with Crippen molar-refractivity contribution >= 4 is 11.7 Å². The number of hydrogen-bond acceptors (Lipinski definition) is 3. The van der Waals surface area contributed by atoms with Crippen molar-refractivity contribution in [1.29, 1.82) is 0 Å². The Morgan fingerprint density at radius 1 is 1.35 bits per heavy atom. The van der Waals surface area contributed by atoms with E-state index in [9.17, 15) is 4.79 Å². The highest BCUT2D eigenvalue weighted by molar-refractivity contribution is 5.87. The maximum absolute atomic E-state index is 11.8. The fourth-order valence-electron chi connectivity index (χ4n) is 2.24. The van der Waals surface area contributed by atoms with Gasteiger partial charge in [0.1, 0.15) is 6.10 Å². The highest BCUT2D eigenvalue weighted by Crippen LogP contribution is 2.32. The molecule has 0 amide bonds. The van der Waals surface area contributed by atoms with Gasteiger partial charge in [-0.1, -0.05) is 26.0 Å². The molecule has 2 N–H and O–H groups in total. The van der Waals surface area contributed by atoms with Gasteiger partial charge in [-0.15, -0.1) is 0 Å². The first-order valence-electron chi connectivity index (χ1n) is 7.02. The quantitative estimate of drug-likeness (QED) is 0.499. The van der Waals surface area contributed by atoms with Crippen LogP contribution in [0, 0.1) is 20.8 Å². The van der Waals surface area contributed by atoms with Crippen molar-refractivity contribution in [2.75, 3.05) is 5.73 Å². The molecule has 0 saturated carbocycles. The second-order valence-electron chi connectivity index (χ2n) is 5.41. The fraction of sp³-hybridized carbons (Fsp3) is 0.471. The van der Waals surface area contributed by atoms with Crippen LogP contribution < -0.4 is 5.73 Å². The number of nitrogen functional groups attached to an aromatic ring is 1. The molecule has 0 bridgehead atoms. The molecule has 1 aromatic rings. The molecule has 0 heterocycles. The normalized spacial score (nSPS) is 12.1. The zero-order chi connectivity index (χ0) is 15.4. The molecule has 1 atom stereocenters. The van der Waals surface area contributed by atoms with Crippen LogP contribution in [0.25, 0.3) is 0 Å². The number of ether oxygens (including phenoxy) is 1. The number of benzene rings is 1. The molecule has 0 aliphatic rings. The second-order valence-corrected chi connectivity index (χ2v) is 5.41. The molecule has 0 fully saturated rings. The van der Waals surface area contributed by atoms with Gasteiger partial charge in [0.15, 0.2) is 0 Å². The topological polar surface area (TPSA) is 52.3 Å². The summed E-state index contributed by atoms with van der Waals surface area (Å²) in [7, 11) is 0. The van der Waals surface area contributed by atoms with Crippen LogP contribution in [0.1, 0.15) is 55.0 Å². The second kappa shape index (κ2) is 6.60. The van der Waals surface area contributed by atoms with E-state index in [1.54, 1.807) is 6.92 Å². The van der Waals surface area contributed by atoms with E-state index >= 15 is 0 Å². The van der Waals surface area contributed by atoms with E-state index < -0.39 is 0 Å². The first kappa shape index (κ1) is 16.3. The minimum Gasteiger partial charge on any atom is -0.454 e. The predicted octanol–water partition coefficient (Wildman–Crippen LogP) is 4.15. The van der Waals surface area contributed by atoms with Crippen molar-refractivity contribution in [2.45, 2.75) is 53.6 Å². The molecule has 0 spiro atoms. The van der Waals surface area contributed by atoms with E-state index in [0.717, 1.165) is 40.8 Å². The van der Waals surface area contributed by atoms with E-state index in [0.29, 0.717) is 5.57 Å². The van der Waals surface area contributed by atoms with Gasteiger partial charge in [0.2, 0.25) is 0 Å². The van der Waals surface area contributed by atoms with Crippen molar-refractivity contribution in [1.82, 2.24) is 0 Å². The van der Waals surface area contributed by atoms with Crippen molar-refractivity contribution in [3.05, 3.63) is 40.5 Å². The molecule has 0 aliphatic heterocycles. The molecular weight excluding hydrogens is 250 g/mol. The summed E-state index contributed by atoms with van der Waals surface area (Å²) in [5, 5.41) is 0. The molecule has 0 aliphatic carbocycles. The molecule has 0 radical (unpaired) electrons. The number of aryl methyl sites for hydroxylation is 1. The van der Waals surface area contributed by atoms with E-state index in [2.05, 4.69) is 13.5 Å². The largest absolute Gasteiger partial charge is 0.454 e. The van der Waals surface area contributed by atoms with Crippen LogP contribution in [-0.4, -0.2) is 5.97 Å². The Hall–Kier alpha value is -1.77. The van der Waals surface area contributed by atoms with Gasteiger partial charge in [-0.25, -0.2) is 4.79 Å². The Kier molecular flexibility index (Phi) is 5.37. The van der Waals surface area contributed by atoms with E-state index in [1.165, 1.54) is 0 Å². The van der Waals surface area contributed by atoms with Gasteiger partial charge in [0, 0.05) is 11.3 Å². The summed E-state index contributed by atoms with van der Waals surface area (Å²) in [5.41, 5.74) is 11.5. The lowest BCUT2D eigenvalue weighted by Crippen LogP contribution is -2.14. The van der Waals surface area contributed by atoms with Gasteiger partial charge in [0.05, 0.1) is 0 Å². The number of esters is 1. The van der Waals surface area contributed by atoms with E-state index in [1.807, 2.05) is 26.8 Å². The smallest absolute Gasteiger partial charge is 0.333 e. The molecule has 110 valence electrons. The standard InChI is InChI=1S/C17H25NO2/c1-7-8-15(20-17(19)10(2)3)14-9-11(4)16(18)13(6)12(14)5/h9,15H,2,7-8,18H2,1,3-6H3. The number of nitrogens with two attached hydrogens (primary N) is 1. The zero-order valence-corrected chi connectivity index (χ0v) is 13.2. The maximum atomic E-state index is 11.8. The third-order valence-electron chi connectivity index (χ3n) is 3.69. The molecule has 1 rings (SSSR count). The lowest BCUT2D eigenvalue weighted by molar-refractivity contribution is -0.145. The Labute approximate surface area is 121 Å². The Balaban J connectivity index is 3.22. The van der Waals surface area contributed by atoms with Crippen LogP contribution in [0.5, 0.6) is 0 Å². The Morgan fingerprint density at radius 2 is 1.95 bits per heavy atom. The minimum absolute atomic E-state index is 0.234. The summed E-state index contributed by atoms with van der Waals surface area (Å²) in [4.78, 5) is 11.8. The highest BCUT2D eigenvalue weighted by atomic mass is 16.5. The zero-order valence-electron chi connectivity index (χ0n) is 13.2. The van der Waals surface area contributed by atoms with Crippen molar-refractivity contribution in [3.8, 4) is 0 Å². The number of rotatable bonds is 5. The summed E-state index contributed by atoms with van der Waals surface area (Å²) in [5.74, 6) is -0.338. The van der Waals surface area contributed by atoms with Crippen LogP contribution in [-0.2, 0) is 9.53 Å². The number of carbonyl (C=O) groups is 1. The van der Waals surface area contributed by atoms with Crippen LogP contribution in [0.4, 0.5) is 5.69 Å². The average Bonchev–Trinajstić information content (AvgIpc) is 2.39. The van der Waals surface area contributed by atoms with Crippen LogP contribution in [0.3, 0.4) is 0 Å². The molecule has 0 aromatic heterocycles. The average molecular weight is 275 g/mol. The Morgan fingerprint density at radius 3 is 2.45 bits per heavy atom. The molecule has 20 heavy (non-hydrogen) atoms. The van der Waals surface area contributed by atoms with Crippen LogP contribution in [0.2, 0.25) is 0 Å². The number of hydrogen-bond donors (Lipinski definition) is 1. The monoisotopic (exact) mass is 275 g/mol. The first-order valence-corrected chi connectivity index (χ1v) is 7.02.